The van der Waals surface area contributed by atoms with Crippen molar-refractivity contribution in [3.8, 4) is 5.69 Å². The van der Waals surface area contributed by atoms with Crippen LogP contribution in [-0.2, 0) is 12.8 Å². The van der Waals surface area contributed by atoms with Gasteiger partial charge in [-0.1, -0.05) is 6.92 Å². The topological polar surface area (TPSA) is 64.2 Å². The highest BCUT2D eigenvalue weighted by molar-refractivity contribution is 5.94. The van der Waals surface area contributed by atoms with E-state index in [4.69, 9.17) is 5.73 Å². The molecule has 2 aromatic rings. The lowest BCUT2D eigenvalue weighted by molar-refractivity contribution is 0.0566. The van der Waals surface area contributed by atoms with E-state index in [1.165, 1.54) is 6.07 Å². The number of rotatable bonds is 3. The van der Waals surface area contributed by atoms with Gasteiger partial charge in [0.15, 0.2) is 17.3 Å². The van der Waals surface area contributed by atoms with E-state index < -0.39 is 11.6 Å². The lowest BCUT2D eigenvalue weighted by Gasteiger charge is -2.37. The first-order valence-electron chi connectivity index (χ1n) is 9.56. The van der Waals surface area contributed by atoms with Gasteiger partial charge in [0, 0.05) is 36.5 Å². The summed E-state index contributed by atoms with van der Waals surface area (Å²) in [6.45, 7) is 3.29. The predicted octanol–water partition coefficient (Wildman–Crippen LogP) is 2.84. The smallest absolute Gasteiger partial charge is 0.274 e. The van der Waals surface area contributed by atoms with Crippen molar-refractivity contribution in [2.45, 2.75) is 45.1 Å². The van der Waals surface area contributed by atoms with Gasteiger partial charge in [-0.05, 0) is 50.2 Å². The Hall–Kier alpha value is -2.28. The van der Waals surface area contributed by atoms with Gasteiger partial charge in [0.1, 0.15) is 0 Å². The van der Waals surface area contributed by atoms with Crippen molar-refractivity contribution in [3.05, 3.63) is 46.8 Å². The summed E-state index contributed by atoms with van der Waals surface area (Å²) in [7, 11) is 0. The summed E-state index contributed by atoms with van der Waals surface area (Å²) in [5.74, 6) is -1.37. The number of nitrogens with two attached hydrogens (primary N) is 1. The molecule has 0 saturated carbocycles. The molecule has 1 aliphatic heterocycles. The van der Waals surface area contributed by atoms with Crippen LogP contribution < -0.4 is 5.73 Å². The number of piperidine rings is 1. The lowest BCUT2D eigenvalue weighted by Crippen LogP contribution is -2.49. The van der Waals surface area contributed by atoms with Crippen LogP contribution in [0.15, 0.2) is 18.2 Å². The van der Waals surface area contributed by atoms with Crippen molar-refractivity contribution in [2.75, 3.05) is 13.1 Å². The minimum atomic E-state index is -0.921. The van der Waals surface area contributed by atoms with E-state index in [0.717, 1.165) is 55.5 Å². The molecule has 2 unspecified atom stereocenters. The fourth-order valence-corrected chi connectivity index (χ4v) is 4.32. The Morgan fingerprint density at radius 1 is 1.30 bits per heavy atom. The van der Waals surface area contributed by atoms with Gasteiger partial charge in [-0.2, -0.15) is 5.10 Å². The maximum atomic E-state index is 13.7. The highest BCUT2D eigenvalue weighted by Gasteiger charge is 2.34. The molecule has 7 heteroatoms. The Morgan fingerprint density at radius 3 is 2.85 bits per heavy atom. The summed E-state index contributed by atoms with van der Waals surface area (Å²) in [6, 6.07) is 3.72. The summed E-state index contributed by atoms with van der Waals surface area (Å²) >= 11 is 0. The average Bonchev–Trinajstić information content (AvgIpc) is 3.26. The van der Waals surface area contributed by atoms with E-state index in [0.29, 0.717) is 30.4 Å². The van der Waals surface area contributed by atoms with Gasteiger partial charge in [0.25, 0.3) is 5.91 Å². The zero-order chi connectivity index (χ0) is 19.1. The van der Waals surface area contributed by atoms with Crippen LogP contribution in [0.25, 0.3) is 5.69 Å². The van der Waals surface area contributed by atoms with Crippen molar-refractivity contribution < 1.29 is 13.6 Å². The lowest BCUT2D eigenvalue weighted by atomic mass is 9.92. The Bertz CT molecular complexity index is 879. The standard InChI is InChI=1S/C20H24F2N4O/c1-12-7-8-25(14(9-12)11-23)20(27)19-15-3-2-4-18(15)26(24-19)13-5-6-16(21)17(22)10-13/h5-6,10,12,14H,2-4,7-9,11,23H2,1H3. The minimum absolute atomic E-state index is 0.0201. The number of amides is 1. The van der Waals surface area contributed by atoms with E-state index in [-0.39, 0.29) is 11.9 Å². The monoisotopic (exact) mass is 374 g/mol. The van der Waals surface area contributed by atoms with E-state index in [1.54, 1.807) is 4.68 Å². The molecule has 1 aromatic heterocycles. The van der Waals surface area contributed by atoms with Crippen LogP contribution >= 0.6 is 0 Å². The van der Waals surface area contributed by atoms with Crippen LogP contribution in [0.3, 0.4) is 0 Å². The fourth-order valence-electron chi connectivity index (χ4n) is 4.32. The van der Waals surface area contributed by atoms with Crippen molar-refractivity contribution in [2.24, 2.45) is 11.7 Å². The van der Waals surface area contributed by atoms with Crippen molar-refractivity contribution >= 4 is 5.91 Å². The molecule has 1 fully saturated rings. The molecule has 2 N–H and O–H groups in total. The first-order chi connectivity index (χ1) is 13.0. The molecule has 1 aliphatic carbocycles. The Morgan fingerprint density at radius 2 is 2.11 bits per heavy atom. The summed E-state index contributed by atoms with van der Waals surface area (Å²) in [4.78, 5) is 15.1. The van der Waals surface area contributed by atoms with Gasteiger partial charge < -0.3 is 10.6 Å². The SMILES string of the molecule is CC1CCN(C(=O)c2nn(-c3ccc(F)c(F)c3)c3c2CCC3)C(CN)C1. The van der Waals surface area contributed by atoms with E-state index in [1.807, 2.05) is 4.90 Å². The third-order valence-electron chi connectivity index (χ3n) is 5.79. The molecule has 4 rings (SSSR count). The Labute approximate surface area is 157 Å². The first kappa shape index (κ1) is 18.1. The first-order valence-corrected chi connectivity index (χ1v) is 9.56. The number of fused-ring (bicyclic) bond motifs is 1. The van der Waals surface area contributed by atoms with Crippen molar-refractivity contribution in [1.82, 2.24) is 14.7 Å². The van der Waals surface area contributed by atoms with Crippen LogP contribution in [-0.4, -0.2) is 39.7 Å². The van der Waals surface area contributed by atoms with Gasteiger partial charge in [0.05, 0.1) is 5.69 Å². The largest absolute Gasteiger partial charge is 0.333 e. The average molecular weight is 374 g/mol. The third kappa shape index (κ3) is 3.14. The number of carbonyl (C=O) groups is 1. The molecule has 1 amide bonds. The number of carbonyl (C=O) groups excluding carboxylic acids is 1. The molecule has 27 heavy (non-hydrogen) atoms. The summed E-state index contributed by atoms with van der Waals surface area (Å²) in [5.41, 5.74) is 8.63. The van der Waals surface area contributed by atoms with E-state index in [2.05, 4.69) is 12.0 Å². The normalized spacial score (nSPS) is 22.1. The molecule has 1 aromatic carbocycles. The molecular weight excluding hydrogens is 350 g/mol. The quantitative estimate of drug-likeness (QED) is 0.899. The second-order valence-corrected chi connectivity index (χ2v) is 7.66. The van der Waals surface area contributed by atoms with Crippen LogP contribution in [0.5, 0.6) is 0 Å². The molecule has 5 nitrogen and oxygen atoms in total. The molecule has 2 aliphatic rings. The van der Waals surface area contributed by atoms with Gasteiger partial charge >= 0.3 is 0 Å². The number of hydrogen-bond acceptors (Lipinski definition) is 3. The van der Waals surface area contributed by atoms with Gasteiger partial charge in [-0.25, -0.2) is 13.5 Å². The predicted molar refractivity (Wildman–Crippen MR) is 97.8 cm³/mol. The highest BCUT2D eigenvalue weighted by Crippen LogP contribution is 2.31. The molecule has 2 heterocycles. The van der Waals surface area contributed by atoms with Crippen LogP contribution in [0.1, 0.15) is 47.9 Å². The molecule has 0 bridgehead atoms. The number of nitrogens with zero attached hydrogens (tertiary/aromatic N) is 3. The number of halogens is 2. The highest BCUT2D eigenvalue weighted by atomic mass is 19.2. The summed E-state index contributed by atoms with van der Waals surface area (Å²) < 4.78 is 28.6. The molecule has 144 valence electrons. The zero-order valence-corrected chi connectivity index (χ0v) is 15.4. The van der Waals surface area contributed by atoms with Gasteiger partial charge in [-0.3, -0.25) is 4.79 Å². The Balaban J connectivity index is 1.72. The summed E-state index contributed by atoms with van der Waals surface area (Å²) in [6.07, 6.45) is 4.32. The molecule has 2 atom stereocenters. The second-order valence-electron chi connectivity index (χ2n) is 7.66. The minimum Gasteiger partial charge on any atom is -0.333 e. The fraction of sp³-hybridized carbons (Fsp3) is 0.500. The van der Waals surface area contributed by atoms with E-state index in [9.17, 15) is 13.6 Å². The number of hydrogen-bond donors (Lipinski definition) is 1. The van der Waals surface area contributed by atoms with Gasteiger partial charge in [-0.15, -0.1) is 0 Å². The number of benzene rings is 1. The molecule has 0 radical (unpaired) electrons. The summed E-state index contributed by atoms with van der Waals surface area (Å²) in [5, 5.41) is 4.53. The van der Waals surface area contributed by atoms with Crippen molar-refractivity contribution in [3.63, 3.8) is 0 Å². The maximum Gasteiger partial charge on any atom is 0.274 e. The molecule has 0 spiro atoms. The van der Waals surface area contributed by atoms with Crippen molar-refractivity contribution in [1.29, 1.82) is 0 Å². The number of likely N-dealkylation sites (tertiary alicyclic amines) is 1. The van der Waals surface area contributed by atoms with Crippen LogP contribution in [0.4, 0.5) is 8.78 Å². The third-order valence-corrected chi connectivity index (χ3v) is 5.79. The zero-order valence-electron chi connectivity index (χ0n) is 15.4. The maximum absolute atomic E-state index is 13.7. The molecular formula is C20H24F2N4O. The van der Waals surface area contributed by atoms with Crippen LogP contribution in [0.2, 0.25) is 0 Å². The van der Waals surface area contributed by atoms with Gasteiger partial charge in [0.2, 0.25) is 0 Å². The second kappa shape index (κ2) is 7.03. The van der Waals surface area contributed by atoms with E-state index >= 15 is 0 Å². The number of aromatic nitrogens is 2. The Kier molecular flexibility index (Phi) is 4.72. The molecule has 1 saturated heterocycles. The van der Waals surface area contributed by atoms with Crippen LogP contribution in [0, 0.1) is 17.6 Å².